The largest absolute Gasteiger partial charge is 0.468 e. The van der Waals surface area contributed by atoms with Crippen LogP contribution in [0.15, 0.2) is 76.1 Å². The number of nitrogens with one attached hydrogen (secondary N) is 1. The van der Waals surface area contributed by atoms with E-state index in [1.807, 2.05) is 30.3 Å². The lowest BCUT2D eigenvalue weighted by molar-refractivity contribution is 0.163. The molecule has 196 valence electrons. The Bertz CT molecular complexity index is 1550. The molecule has 0 radical (unpaired) electrons. The lowest BCUT2D eigenvalue weighted by Crippen LogP contribution is -2.35. The molecule has 0 spiro atoms. The summed E-state index contributed by atoms with van der Waals surface area (Å²) in [5.41, 5.74) is 3.04. The number of aromatic nitrogens is 5. The van der Waals surface area contributed by atoms with E-state index >= 15 is 0 Å². The minimum Gasteiger partial charge on any atom is -0.468 e. The summed E-state index contributed by atoms with van der Waals surface area (Å²) in [6.45, 7) is 3.64. The number of aromatic amines is 1. The van der Waals surface area contributed by atoms with Gasteiger partial charge in [0.2, 0.25) is 0 Å². The molecule has 0 aliphatic rings. The molecule has 2 aromatic carbocycles. The zero-order valence-electron chi connectivity index (χ0n) is 21.3. The van der Waals surface area contributed by atoms with Gasteiger partial charge in [0.15, 0.2) is 5.82 Å². The van der Waals surface area contributed by atoms with Crippen LogP contribution in [-0.2, 0) is 30.8 Å². The van der Waals surface area contributed by atoms with Crippen molar-refractivity contribution in [1.82, 2.24) is 30.1 Å². The fourth-order valence-electron chi connectivity index (χ4n) is 4.61. The van der Waals surface area contributed by atoms with Gasteiger partial charge in [0.1, 0.15) is 17.6 Å². The van der Waals surface area contributed by atoms with E-state index in [0.717, 1.165) is 28.5 Å². The van der Waals surface area contributed by atoms with E-state index in [-0.39, 0.29) is 11.4 Å². The lowest BCUT2D eigenvalue weighted by Gasteiger charge is -2.30. The second kappa shape index (κ2) is 11.5. The number of pyridine rings is 1. The number of furan rings is 1. The van der Waals surface area contributed by atoms with Crippen molar-refractivity contribution in [2.45, 2.75) is 39.0 Å². The summed E-state index contributed by atoms with van der Waals surface area (Å²) in [6.07, 6.45) is 2.48. The number of H-pyrrole nitrogens is 1. The average Bonchev–Trinajstić information content (AvgIpc) is 3.61. The van der Waals surface area contributed by atoms with Crippen molar-refractivity contribution in [1.29, 1.82) is 0 Å². The molecule has 10 heteroatoms. The van der Waals surface area contributed by atoms with Gasteiger partial charge in [-0.25, -0.2) is 9.07 Å². The topological polar surface area (TPSA) is 102 Å². The predicted molar refractivity (Wildman–Crippen MR) is 140 cm³/mol. The van der Waals surface area contributed by atoms with Gasteiger partial charge in [0.25, 0.3) is 5.56 Å². The van der Waals surface area contributed by atoms with Crippen LogP contribution in [0.3, 0.4) is 0 Å². The highest BCUT2D eigenvalue weighted by Gasteiger charge is 2.31. The second-order valence-electron chi connectivity index (χ2n) is 9.10. The van der Waals surface area contributed by atoms with Crippen LogP contribution >= 0.6 is 0 Å². The number of halogens is 1. The summed E-state index contributed by atoms with van der Waals surface area (Å²) >= 11 is 0. The Hall–Kier alpha value is -4.15. The maximum Gasteiger partial charge on any atom is 0.253 e. The molecule has 0 aliphatic heterocycles. The highest BCUT2D eigenvalue weighted by Crippen LogP contribution is 2.30. The number of hydrogen-bond acceptors (Lipinski definition) is 7. The molecule has 0 saturated heterocycles. The molecule has 0 saturated carbocycles. The molecule has 0 amide bonds. The highest BCUT2D eigenvalue weighted by molar-refractivity contribution is 5.80. The number of benzene rings is 2. The quantitative estimate of drug-likeness (QED) is 0.280. The van der Waals surface area contributed by atoms with Crippen molar-refractivity contribution in [3.05, 3.63) is 111 Å². The molecular formula is C28H29FN6O3. The second-order valence-corrected chi connectivity index (χ2v) is 9.10. The van der Waals surface area contributed by atoms with Crippen LogP contribution in [0.25, 0.3) is 10.9 Å². The van der Waals surface area contributed by atoms with Crippen LogP contribution in [-0.4, -0.2) is 43.8 Å². The number of hydrogen-bond donors (Lipinski definition) is 1. The first-order valence-corrected chi connectivity index (χ1v) is 12.5. The van der Waals surface area contributed by atoms with Gasteiger partial charge in [-0.2, -0.15) is 0 Å². The Morgan fingerprint density at radius 3 is 2.66 bits per heavy atom. The Labute approximate surface area is 218 Å². The number of aryl methyl sites for hydroxylation is 1. The maximum atomic E-state index is 13.7. The number of nitrogens with zero attached hydrogens (tertiary/aromatic N) is 5. The normalized spacial score (nSPS) is 12.4. The number of methoxy groups -OCH3 is 1. The minimum atomic E-state index is -0.643. The average molecular weight is 517 g/mol. The van der Waals surface area contributed by atoms with E-state index in [0.29, 0.717) is 43.4 Å². The molecule has 5 aromatic rings. The molecule has 0 fully saturated rings. The Balaban J connectivity index is 1.68. The third-order valence-corrected chi connectivity index (χ3v) is 6.55. The summed E-state index contributed by atoms with van der Waals surface area (Å²) in [4.78, 5) is 18.7. The highest BCUT2D eigenvalue weighted by atomic mass is 19.1. The van der Waals surface area contributed by atoms with E-state index in [9.17, 15) is 9.18 Å². The molecule has 0 bridgehead atoms. The molecule has 3 heterocycles. The summed E-state index contributed by atoms with van der Waals surface area (Å²) in [6, 6.07) is 17.3. The summed E-state index contributed by atoms with van der Waals surface area (Å²) < 4.78 is 26.3. The van der Waals surface area contributed by atoms with Gasteiger partial charge in [-0.05, 0) is 75.8 Å². The lowest BCUT2D eigenvalue weighted by atomic mass is 10.0. The van der Waals surface area contributed by atoms with Gasteiger partial charge in [-0.15, -0.1) is 5.10 Å². The van der Waals surface area contributed by atoms with Gasteiger partial charge >= 0.3 is 0 Å². The number of rotatable bonds is 11. The molecule has 9 nitrogen and oxygen atoms in total. The Morgan fingerprint density at radius 1 is 1.11 bits per heavy atom. The molecular weight excluding hydrogens is 487 g/mol. The van der Waals surface area contributed by atoms with E-state index in [2.05, 4.69) is 38.4 Å². The first-order chi connectivity index (χ1) is 18.6. The monoisotopic (exact) mass is 516 g/mol. The van der Waals surface area contributed by atoms with Crippen molar-refractivity contribution in [3.8, 4) is 0 Å². The van der Waals surface area contributed by atoms with Crippen LogP contribution in [0.1, 0.15) is 41.2 Å². The van der Waals surface area contributed by atoms with Crippen molar-refractivity contribution in [2.75, 3.05) is 13.7 Å². The van der Waals surface area contributed by atoms with E-state index < -0.39 is 6.04 Å². The van der Waals surface area contributed by atoms with E-state index in [1.165, 1.54) is 12.1 Å². The molecule has 38 heavy (non-hydrogen) atoms. The molecule has 1 N–H and O–H groups in total. The molecule has 0 unspecified atom stereocenters. The predicted octanol–water partition coefficient (Wildman–Crippen LogP) is 4.25. The van der Waals surface area contributed by atoms with Gasteiger partial charge in [-0.3, -0.25) is 9.69 Å². The fraction of sp³-hybridized carbons (Fsp3) is 0.286. The third-order valence-electron chi connectivity index (χ3n) is 6.55. The van der Waals surface area contributed by atoms with Crippen LogP contribution in [0.5, 0.6) is 0 Å². The van der Waals surface area contributed by atoms with Crippen LogP contribution < -0.4 is 5.56 Å². The van der Waals surface area contributed by atoms with Crippen molar-refractivity contribution in [2.24, 2.45) is 0 Å². The maximum absolute atomic E-state index is 13.7. The standard InChI is InChI=1S/C28H29FN6O3/c1-3-19-8-11-25-21(15-19)16-24(28(36)30-25)26(27-31-32-33-35(27)12-14-37-2)34(18-23-5-4-13-38-23)17-20-6-9-22(29)10-7-20/h4-11,13,15-16,26H,3,12,14,17-18H2,1-2H3,(H,30,36)/t26-/m0/s1. The van der Waals surface area contributed by atoms with E-state index in [4.69, 9.17) is 9.15 Å². The first kappa shape index (κ1) is 25.5. The number of tetrazole rings is 1. The van der Waals surface area contributed by atoms with Crippen LogP contribution in [0, 0.1) is 5.82 Å². The molecule has 5 rings (SSSR count). The molecule has 1 atom stereocenters. The SMILES string of the molecule is CCc1ccc2[nH]c(=O)c([C@@H](c3nnnn3CCOC)N(Cc3ccc(F)cc3)Cc3ccco3)cc2c1. The van der Waals surface area contributed by atoms with Gasteiger partial charge in [0.05, 0.1) is 26.0 Å². The van der Waals surface area contributed by atoms with Crippen molar-refractivity contribution < 1.29 is 13.5 Å². The summed E-state index contributed by atoms with van der Waals surface area (Å²) in [5.74, 6) is 0.884. The van der Waals surface area contributed by atoms with Crippen molar-refractivity contribution in [3.63, 3.8) is 0 Å². The van der Waals surface area contributed by atoms with E-state index in [1.54, 1.807) is 30.2 Å². The summed E-state index contributed by atoms with van der Waals surface area (Å²) in [7, 11) is 1.61. The number of fused-ring (bicyclic) bond motifs is 1. The minimum absolute atomic E-state index is 0.239. The molecule has 0 aliphatic carbocycles. The summed E-state index contributed by atoms with van der Waals surface area (Å²) in [5, 5.41) is 13.4. The Kier molecular flexibility index (Phi) is 7.71. The van der Waals surface area contributed by atoms with Crippen LogP contribution in [0.4, 0.5) is 4.39 Å². The smallest absolute Gasteiger partial charge is 0.253 e. The zero-order chi connectivity index (χ0) is 26.5. The van der Waals surface area contributed by atoms with Gasteiger partial charge in [0, 0.05) is 24.7 Å². The van der Waals surface area contributed by atoms with Gasteiger partial charge < -0.3 is 14.1 Å². The fourth-order valence-corrected chi connectivity index (χ4v) is 4.61. The number of ether oxygens (including phenoxy) is 1. The van der Waals surface area contributed by atoms with Crippen LogP contribution in [0.2, 0.25) is 0 Å². The first-order valence-electron chi connectivity index (χ1n) is 12.5. The van der Waals surface area contributed by atoms with Gasteiger partial charge in [-0.1, -0.05) is 25.1 Å². The zero-order valence-corrected chi connectivity index (χ0v) is 21.3. The Morgan fingerprint density at radius 2 is 1.92 bits per heavy atom. The third kappa shape index (κ3) is 5.56. The molecule has 3 aromatic heterocycles. The van der Waals surface area contributed by atoms with Crippen molar-refractivity contribution >= 4 is 10.9 Å².